The minimum Gasteiger partial charge on any atom is -0.462 e. The fraction of sp³-hybridized carbons (Fsp3) is 0.393. The number of hydrogen-bond acceptors (Lipinski definition) is 6. The molecule has 0 aliphatic carbocycles. The lowest BCUT2D eigenvalue weighted by Gasteiger charge is -2.24. The molecule has 7 nitrogen and oxygen atoms in total. The quantitative estimate of drug-likeness (QED) is 0.330. The van der Waals surface area contributed by atoms with Crippen molar-refractivity contribution < 1.29 is 9.13 Å². The zero-order chi connectivity index (χ0) is 25.5. The van der Waals surface area contributed by atoms with E-state index in [1.807, 2.05) is 12.1 Å². The lowest BCUT2D eigenvalue weighted by Crippen LogP contribution is -2.31. The molecule has 2 aromatic heterocycles. The molecule has 4 aromatic rings. The van der Waals surface area contributed by atoms with E-state index in [4.69, 9.17) is 26.3 Å². The summed E-state index contributed by atoms with van der Waals surface area (Å²) in [4.78, 5) is 14.3. The van der Waals surface area contributed by atoms with Crippen molar-refractivity contribution in [2.75, 3.05) is 38.2 Å². The molecule has 1 saturated heterocycles. The minimum atomic E-state index is -0.312. The van der Waals surface area contributed by atoms with Gasteiger partial charge in [-0.15, -0.1) is 0 Å². The minimum absolute atomic E-state index is 0.312. The predicted octanol–water partition coefficient (Wildman–Crippen LogP) is 5.90. The second kappa shape index (κ2) is 9.91. The zero-order valence-electron chi connectivity index (χ0n) is 21.1. The molecule has 0 radical (unpaired) electrons. The number of ether oxygens (including phenoxy) is 1. The standard InChI is InChI=1S/C28H30ClFN6O/c1-17-23(30)14-25-21(15-31-34-25)26(17)19-13-24-20(12-22(19)29)27(36-10-5-3-4-6-11-36)33-28(32-24)37-16-18-8-7-9-35(18)2/h3-4,12-15,18H,5-11,16H2,1-2H3,(H,31,34). The average molecular weight is 521 g/mol. The van der Waals surface area contributed by atoms with Crippen LogP contribution in [0.4, 0.5) is 10.2 Å². The van der Waals surface area contributed by atoms with Crippen LogP contribution in [0.5, 0.6) is 6.01 Å². The third kappa shape index (κ3) is 4.53. The van der Waals surface area contributed by atoms with Gasteiger partial charge in [-0.2, -0.15) is 15.1 Å². The van der Waals surface area contributed by atoms with Crippen molar-refractivity contribution in [3.05, 3.63) is 53.0 Å². The molecule has 2 aromatic carbocycles. The van der Waals surface area contributed by atoms with E-state index in [-0.39, 0.29) is 5.82 Å². The number of anilines is 1. The Hall–Kier alpha value is -3.23. The van der Waals surface area contributed by atoms with Crippen molar-refractivity contribution in [2.24, 2.45) is 0 Å². The highest BCUT2D eigenvalue weighted by Crippen LogP contribution is 2.40. The average Bonchev–Trinajstić information content (AvgIpc) is 3.42. The summed E-state index contributed by atoms with van der Waals surface area (Å²) in [5.41, 5.74) is 3.28. The number of nitrogens with one attached hydrogen (secondary N) is 1. The SMILES string of the molecule is Cc1c(F)cc2[nH]ncc2c1-c1cc2nc(OCC3CCCN3C)nc(N3CCC=CCC3)c2cc1Cl. The monoisotopic (exact) mass is 520 g/mol. The van der Waals surface area contributed by atoms with Gasteiger partial charge >= 0.3 is 6.01 Å². The summed E-state index contributed by atoms with van der Waals surface area (Å²) >= 11 is 6.90. The van der Waals surface area contributed by atoms with Crippen LogP contribution in [0.25, 0.3) is 32.9 Å². The van der Waals surface area contributed by atoms with Crippen LogP contribution in [0.1, 0.15) is 31.2 Å². The molecule has 1 fully saturated rings. The number of aromatic nitrogens is 4. The summed E-state index contributed by atoms with van der Waals surface area (Å²) in [5.74, 6) is 0.509. The maximum atomic E-state index is 14.9. The molecule has 2 aliphatic rings. The van der Waals surface area contributed by atoms with Gasteiger partial charge < -0.3 is 14.5 Å². The van der Waals surface area contributed by atoms with Gasteiger partial charge in [-0.05, 0) is 70.0 Å². The molecule has 9 heteroatoms. The number of aromatic amines is 1. The smallest absolute Gasteiger partial charge is 0.319 e. The van der Waals surface area contributed by atoms with Gasteiger partial charge in [0.25, 0.3) is 0 Å². The number of nitrogens with zero attached hydrogens (tertiary/aromatic N) is 5. The molecule has 1 N–H and O–H groups in total. The number of hydrogen-bond donors (Lipinski definition) is 1. The van der Waals surface area contributed by atoms with Gasteiger partial charge in [0.15, 0.2) is 0 Å². The third-order valence-corrected chi connectivity index (χ3v) is 7.94. The van der Waals surface area contributed by atoms with Gasteiger partial charge in [0.1, 0.15) is 18.2 Å². The molecule has 0 spiro atoms. The van der Waals surface area contributed by atoms with Gasteiger partial charge in [-0.25, -0.2) is 4.39 Å². The Morgan fingerprint density at radius 1 is 1.11 bits per heavy atom. The first-order valence-corrected chi connectivity index (χ1v) is 13.2. The van der Waals surface area contributed by atoms with Crippen molar-refractivity contribution in [2.45, 2.75) is 38.6 Å². The van der Waals surface area contributed by atoms with Crippen molar-refractivity contribution in [1.82, 2.24) is 25.1 Å². The summed E-state index contributed by atoms with van der Waals surface area (Å²) < 4.78 is 21.0. The summed E-state index contributed by atoms with van der Waals surface area (Å²) in [7, 11) is 2.13. The summed E-state index contributed by atoms with van der Waals surface area (Å²) in [6.45, 7) is 5.09. The summed E-state index contributed by atoms with van der Waals surface area (Å²) in [5, 5.41) is 9.19. The predicted molar refractivity (Wildman–Crippen MR) is 146 cm³/mol. The molecule has 2 aliphatic heterocycles. The lowest BCUT2D eigenvalue weighted by molar-refractivity contribution is 0.188. The van der Waals surface area contributed by atoms with Crippen molar-refractivity contribution >= 4 is 39.2 Å². The Labute approximate surface area is 220 Å². The maximum Gasteiger partial charge on any atom is 0.319 e. The summed E-state index contributed by atoms with van der Waals surface area (Å²) in [6, 6.07) is 6.02. The Kier molecular flexibility index (Phi) is 6.46. The molecule has 0 bridgehead atoms. The summed E-state index contributed by atoms with van der Waals surface area (Å²) in [6.07, 6.45) is 10.3. The van der Waals surface area contributed by atoms with E-state index in [1.54, 1.807) is 13.1 Å². The Balaban J connectivity index is 1.49. The van der Waals surface area contributed by atoms with Gasteiger partial charge in [0.05, 0.1) is 17.2 Å². The molecule has 1 unspecified atom stereocenters. The highest BCUT2D eigenvalue weighted by atomic mass is 35.5. The first-order chi connectivity index (χ1) is 18.0. The maximum absolute atomic E-state index is 14.9. The first kappa shape index (κ1) is 24.1. The zero-order valence-corrected chi connectivity index (χ0v) is 21.9. The van der Waals surface area contributed by atoms with Gasteiger partial charge in [0.2, 0.25) is 0 Å². The molecule has 0 saturated carbocycles. The van der Waals surface area contributed by atoms with E-state index >= 15 is 0 Å². The fourth-order valence-corrected chi connectivity index (χ4v) is 5.76. The molecular weight excluding hydrogens is 491 g/mol. The second-order valence-electron chi connectivity index (χ2n) is 9.99. The molecular formula is C28H30ClFN6O. The number of fused-ring (bicyclic) bond motifs is 2. The van der Waals surface area contributed by atoms with Crippen molar-refractivity contribution in [3.8, 4) is 17.1 Å². The largest absolute Gasteiger partial charge is 0.462 e. The van der Waals surface area contributed by atoms with E-state index in [9.17, 15) is 4.39 Å². The Morgan fingerprint density at radius 3 is 2.68 bits per heavy atom. The third-order valence-electron chi connectivity index (χ3n) is 7.63. The van der Waals surface area contributed by atoms with Gasteiger partial charge in [-0.3, -0.25) is 5.10 Å². The van der Waals surface area contributed by atoms with E-state index in [1.165, 1.54) is 12.5 Å². The molecule has 4 heterocycles. The Morgan fingerprint density at radius 2 is 1.92 bits per heavy atom. The number of rotatable bonds is 5. The van der Waals surface area contributed by atoms with Crippen LogP contribution in [0.3, 0.4) is 0 Å². The van der Waals surface area contributed by atoms with E-state index in [0.29, 0.717) is 45.9 Å². The number of halogens is 2. The van der Waals surface area contributed by atoms with Gasteiger partial charge in [-0.1, -0.05) is 23.8 Å². The fourth-order valence-electron chi connectivity index (χ4n) is 5.50. The van der Waals surface area contributed by atoms with Crippen LogP contribution in [0.2, 0.25) is 5.02 Å². The van der Waals surface area contributed by atoms with Crippen LogP contribution in [-0.2, 0) is 0 Å². The highest BCUT2D eigenvalue weighted by molar-refractivity contribution is 6.35. The van der Waals surface area contributed by atoms with Crippen LogP contribution < -0.4 is 9.64 Å². The normalized spacial score (nSPS) is 18.7. The van der Waals surface area contributed by atoms with Crippen LogP contribution >= 0.6 is 11.6 Å². The van der Waals surface area contributed by atoms with Gasteiger partial charge in [0, 0.05) is 46.1 Å². The van der Waals surface area contributed by atoms with Crippen LogP contribution in [-0.4, -0.2) is 64.4 Å². The number of benzene rings is 2. The van der Waals surface area contributed by atoms with E-state index < -0.39 is 0 Å². The van der Waals surface area contributed by atoms with E-state index in [2.05, 4.69) is 39.2 Å². The molecule has 0 amide bonds. The Bertz CT molecular complexity index is 1490. The van der Waals surface area contributed by atoms with Crippen LogP contribution in [0.15, 0.2) is 36.5 Å². The molecule has 1 atom stereocenters. The van der Waals surface area contributed by atoms with Crippen LogP contribution in [0, 0.1) is 12.7 Å². The topological polar surface area (TPSA) is 70.2 Å². The molecule has 192 valence electrons. The van der Waals surface area contributed by atoms with Crippen molar-refractivity contribution in [3.63, 3.8) is 0 Å². The lowest BCUT2D eigenvalue weighted by atomic mass is 9.95. The van der Waals surface area contributed by atoms with E-state index in [0.717, 1.165) is 61.0 Å². The molecule has 37 heavy (non-hydrogen) atoms. The van der Waals surface area contributed by atoms with Crippen molar-refractivity contribution in [1.29, 1.82) is 0 Å². The number of H-pyrrole nitrogens is 1. The number of likely N-dealkylation sites (N-methyl/N-ethyl adjacent to an activating group) is 1. The second-order valence-corrected chi connectivity index (χ2v) is 10.4. The molecule has 6 rings (SSSR count). The number of likely N-dealkylation sites (tertiary alicyclic amines) is 1. The first-order valence-electron chi connectivity index (χ1n) is 12.9. The highest BCUT2D eigenvalue weighted by Gasteiger charge is 2.24.